The molecule has 0 spiro atoms. The van der Waals surface area contributed by atoms with Crippen LogP contribution in [0.5, 0.6) is 0 Å². The van der Waals surface area contributed by atoms with Gasteiger partial charge in [-0.25, -0.2) is 0 Å². The maximum Gasteiger partial charge on any atom is 0.308 e. The van der Waals surface area contributed by atoms with Crippen molar-refractivity contribution in [3.8, 4) is 0 Å². The third-order valence-corrected chi connectivity index (χ3v) is 7.45. The van der Waals surface area contributed by atoms with E-state index in [2.05, 4.69) is 69.3 Å². The summed E-state index contributed by atoms with van der Waals surface area (Å²) in [4.78, 5) is 11.6. The molecule has 3 nitrogen and oxygen atoms in total. The number of hydrogen-bond donors (Lipinski definition) is 0. The molecule has 0 heterocycles. The first kappa shape index (κ1) is 19.8. The minimum atomic E-state index is -1.29. The average molecular weight is 382 g/mol. The van der Waals surface area contributed by atoms with Crippen LogP contribution >= 0.6 is 0 Å². The molecule has 2 aromatic rings. The molecule has 0 N–H and O–H groups in total. The van der Waals surface area contributed by atoms with Crippen LogP contribution in [0.4, 0.5) is 0 Å². The summed E-state index contributed by atoms with van der Waals surface area (Å²) >= 11 is 0. The Hall–Kier alpha value is -1.91. The Morgan fingerprint density at radius 3 is 2.15 bits per heavy atom. The topological polar surface area (TPSA) is 35.5 Å². The Morgan fingerprint density at radius 1 is 1.00 bits per heavy atom. The molecule has 1 aliphatic carbocycles. The minimum absolute atomic E-state index is 0.0575. The molecule has 4 heteroatoms. The highest BCUT2D eigenvalue weighted by Crippen LogP contribution is 2.34. The first-order valence-electron chi connectivity index (χ1n) is 9.62. The second kappa shape index (κ2) is 8.40. The third-order valence-electron chi connectivity index (χ3n) is 5.28. The molecular formula is C23H29O3Si. The van der Waals surface area contributed by atoms with E-state index in [1.165, 1.54) is 23.0 Å². The normalized spacial score (nSPS) is 19.6. The quantitative estimate of drug-likeness (QED) is 0.569. The second-order valence-electron chi connectivity index (χ2n) is 8.39. The molecule has 143 valence electrons. The van der Waals surface area contributed by atoms with Crippen LogP contribution in [0.15, 0.2) is 54.6 Å². The lowest BCUT2D eigenvalue weighted by Crippen LogP contribution is -2.47. The van der Waals surface area contributed by atoms with E-state index in [4.69, 9.17) is 9.16 Å². The van der Waals surface area contributed by atoms with E-state index < -0.39 is 9.04 Å². The summed E-state index contributed by atoms with van der Waals surface area (Å²) < 4.78 is 11.3. The van der Waals surface area contributed by atoms with E-state index in [-0.39, 0.29) is 17.3 Å². The van der Waals surface area contributed by atoms with Gasteiger partial charge in [0.05, 0.1) is 13.0 Å². The SMILES string of the molecule is COC(=O)C1CC(CO[Si](c2ccccc2)c2ccc(C(C)(C)C)cc2)C1. The highest BCUT2D eigenvalue weighted by atomic mass is 28.3. The molecule has 1 radical (unpaired) electrons. The van der Waals surface area contributed by atoms with Crippen LogP contribution in [0.25, 0.3) is 0 Å². The first-order valence-corrected chi connectivity index (χ1v) is 11.0. The highest BCUT2D eigenvalue weighted by molar-refractivity contribution is 6.80. The van der Waals surface area contributed by atoms with Gasteiger partial charge in [0.15, 0.2) is 0 Å². The van der Waals surface area contributed by atoms with E-state index in [1.54, 1.807) is 0 Å². The Kier molecular flexibility index (Phi) is 6.17. The lowest BCUT2D eigenvalue weighted by atomic mass is 9.75. The minimum Gasteiger partial charge on any atom is -0.469 e. The van der Waals surface area contributed by atoms with Crippen LogP contribution in [-0.2, 0) is 19.4 Å². The summed E-state index contributed by atoms with van der Waals surface area (Å²) in [5, 5.41) is 2.53. The van der Waals surface area contributed by atoms with Crippen LogP contribution in [-0.4, -0.2) is 28.7 Å². The van der Waals surface area contributed by atoms with E-state index in [9.17, 15) is 4.79 Å². The van der Waals surface area contributed by atoms with Crippen LogP contribution in [0.1, 0.15) is 39.2 Å². The molecule has 3 rings (SSSR count). The van der Waals surface area contributed by atoms with Gasteiger partial charge in [0.25, 0.3) is 9.04 Å². The second-order valence-corrected chi connectivity index (χ2v) is 10.5. The number of carbonyl (C=O) groups is 1. The molecule has 0 aliphatic heterocycles. The Labute approximate surface area is 164 Å². The summed E-state index contributed by atoms with van der Waals surface area (Å²) in [6.07, 6.45) is 1.75. The molecule has 1 fully saturated rings. The molecule has 1 saturated carbocycles. The van der Waals surface area contributed by atoms with Crippen LogP contribution < -0.4 is 10.4 Å². The van der Waals surface area contributed by atoms with Crippen LogP contribution in [0, 0.1) is 11.8 Å². The molecular weight excluding hydrogens is 352 g/mol. The zero-order valence-corrected chi connectivity index (χ0v) is 17.7. The summed E-state index contributed by atoms with van der Waals surface area (Å²) in [5.41, 5.74) is 1.48. The third kappa shape index (κ3) is 4.88. The fraction of sp³-hybridized carbons (Fsp3) is 0.435. The van der Waals surface area contributed by atoms with Gasteiger partial charge in [-0.1, -0.05) is 75.4 Å². The summed E-state index contributed by atoms with van der Waals surface area (Å²) in [6, 6.07) is 19.4. The van der Waals surface area contributed by atoms with Crippen molar-refractivity contribution in [2.24, 2.45) is 11.8 Å². The fourth-order valence-electron chi connectivity index (χ4n) is 3.48. The summed E-state index contributed by atoms with van der Waals surface area (Å²) in [7, 11) is 0.171. The largest absolute Gasteiger partial charge is 0.469 e. The predicted molar refractivity (Wildman–Crippen MR) is 111 cm³/mol. The smallest absolute Gasteiger partial charge is 0.308 e. The van der Waals surface area contributed by atoms with E-state index >= 15 is 0 Å². The summed E-state index contributed by atoms with van der Waals surface area (Å²) in [6.45, 7) is 7.40. The van der Waals surface area contributed by atoms with Gasteiger partial charge in [-0.15, -0.1) is 0 Å². The van der Waals surface area contributed by atoms with Crippen molar-refractivity contribution in [1.29, 1.82) is 0 Å². The van der Waals surface area contributed by atoms with Gasteiger partial charge >= 0.3 is 5.97 Å². The molecule has 1 aliphatic rings. The number of hydrogen-bond acceptors (Lipinski definition) is 3. The zero-order chi connectivity index (χ0) is 19.4. The first-order chi connectivity index (χ1) is 12.9. The number of carbonyl (C=O) groups excluding carboxylic acids is 1. The number of benzene rings is 2. The fourth-order valence-corrected chi connectivity index (χ4v) is 5.51. The maximum absolute atomic E-state index is 11.6. The van der Waals surface area contributed by atoms with E-state index in [1.807, 2.05) is 6.07 Å². The van der Waals surface area contributed by atoms with Crippen molar-refractivity contribution < 1.29 is 14.0 Å². The van der Waals surface area contributed by atoms with Crippen molar-refractivity contribution in [3.05, 3.63) is 60.2 Å². The van der Waals surface area contributed by atoms with Gasteiger partial charge in [-0.2, -0.15) is 0 Å². The van der Waals surface area contributed by atoms with E-state index in [0.29, 0.717) is 12.5 Å². The Bertz CT molecular complexity index is 743. The molecule has 0 atom stereocenters. The predicted octanol–water partition coefficient (Wildman–Crippen LogP) is 3.31. The Balaban J connectivity index is 1.70. The average Bonchev–Trinajstić information content (AvgIpc) is 2.63. The Morgan fingerprint density at radius 2 is 1.59 bits per heavy atom. The van der Waals surface area contributed by atoms with Gasteiger partial charge in [-0.05, 0) is 40.1 Å². The van der Waals surface area contributed by atoms with Gasteiger partial charge in [0.2, 0.25) is 0 Å². The monoisotopic (exact) mass is 381 g/mol. The number of esters is 1. The van der Waals surface area contributed by atoms with Gasteiger partial charge in [0, 0.05) is 6.61 Å². The molecule has 0 aromatic heterocycles. The number of ether oxygens (including phenoxy) is 1. The molecule has 0 amide bonds. The standard InChI is InChI=1S/C23H29O3Si/c1-23(2,3)19-10-12-21(13-11-19)27(20-8-6-5-7-9-20)26-16-17-14-18(15-17)22(24)25-4/h5-13,17-18H,14-16H2,1-4H3. The van der Waals surface area contributed by atoms with Gasteiger partial charge in [0.1, 0.15) is 0 Å². The van der Waals surface area contributed by atoms with Crippen molar-refractivity contribution >= 4 is 25.4 Å². The van der Waals surface area contributed by atoms with Gasteiger partial charge in [-0.3, -0.25) is 4.79 Å². The van der Waals surface area contributed by atoms with Crippen molar-refractivity contribution in [3.63, 3.8) is 0 Å². The molecule has 0 unspecified atom stereocenters. The number of rotatable bonds is 6. The van der Waals surface area contributed by atoms with Crippen molar-refractivity contribution in [2.45, 2.75) is 39.0 Å². The van der Waals surface area contributed by atoms with Crippen LogP contribution in [0.3, 0.4) is 0 Å². The summed E-state index contributed by atoms with van der Waals surface area (Å²) in [5.74, 6) is 0.423. The molecule has 2 aromatic carbocycles. The van der Waals surface area contributed by atoms with Crippen molar-refractivity contribution in [1.82, 2.24) is 0 Å². The van der Waals surface area contributed by atoms with Crippen LogP contribution in [0.2, 0.25) is 0 Å². The van der Waals surface area contributed by atoms with Crippen molar-refractivity contribution in [2.75, 3.05) is 13.7 Å². The number of methoxy groups -OCH3 is 1. The van der Waals surface area contributed by atoms with Gasteiger partial charge < -0.3 is 9.16 Å². The molecule has 0 bridgehead atoms. The lowest BCUT2D eigenvalue weighted by molar-refractivity contribution is -0.150. The molecule has 27 heavy (non-hydrogen) atoms. The molecule has 0 saturated heterocycles. The lowest BCUT2D eigenvalue weighted by Gasteiger charge is -2.34. The van der Waals surface area contributed by atoms with E-state index in [0.717, 1.165) is 12.8 Å². The highest BCUT2D eigenvalue weighted by Gasteiger charge is 2.36. The maximum atomic E-state index is 11.6. The zero-order valence-electron chi connectivity index (χ0n) is 16.7.